The summed E-state index contributed by atoms with van der Waals surface area (Å²) in [6.07, 6.45) is 2.26. The number of anilines is 1. The second-order valence-corrected chi connectivity index (χ2v) is 4.58. The van der Waals surface area contributed by atoms with Crippen LogP contribution in [0.15, 0.2) is 30.5 Å². The van der Waals surface area contributed by atoms with Crippen LogP contribution in [0.3, 0.4) is 0 Å². The van der Waals surface area contributed by atoms with Crippen LogP contribution in [-0.2, 0) is 4.74 Å². The third-order valence-corrected chi connectivity index (χ3v) is 2.89. The molecule has 2 rings (SSSR count). The molecule has 0 saturated carbocycles. The van der Waals surface area contributed by atoms with Gasteiger partial charge in [0, 0.05) is 11.4 Å². The molecule has 6 heteroatoms. The van der Waals surface area contributed by atoms with E-state index in [1.165, 1.54) is 6.20 Å². The molecule has 0 aliphatic carbocycles. The van der Waals surface area contributed by atoms with Gasteiger partial charge in [-0.2, -0.15) is 5.10 Å². The highest BCUT2D eigenvalue weighted by molar-refractivity contribution is 6.05. The molecule has 110 valence electrons. The fourth-order valence-electron chi connectivity index (χ4n) is 1.75. The first-order chi connectivity index (χ1) is 10.1. The van der Waals surface area contributed by atoms with Crippen molar-refractivity contribution in [1.82, 2.24) is 10.2 Å². The number of hydrogen-bond donors (Lipinski definition) is 2. The Labute approximate surface area is 122 Å². The van der Waals surface area contributed by atoms with Crippen molar-refractivity contribution in [2.24, 2.45) is 0 Å². The number of nitrogens with zero attached hydrogens (tertiary/aromatic N) is 1. The van der Waals surface area contributed by atoms with Gasteiger partial charge in [0.25, 0.3) is 5.91 Å². The van der Waals surface area contributed by atoms with Crippen LogP contribution in [0.4, 0.5) is 5.69 Å². The third-order valence-electron chi connectivity index (χ3n) is 2.89. The predicted molar refractivity (Wildman–Crippen MR) is 78.3 cm³/mol. The van der Waals surface area contributed by atoms with Crippen molar-refractivity contribution in [2.45, 2.75) is 20.3 Å². The minimum Gasteiger partial charge on any atom is -0.462 e. The van der Waals surface area contributed by atoms with Crippen molar-refractivity contribution in [1.29, 1.82) is 0 Å². The lowest BCUT2D eigenvalue weighted by Crippen LogP contribution is -2.12. The number of aromatic amines is 1. The number of carbonyl (C=O) groups excluding carboxylic acids is 2. The molecule has 0 aliphatic heterocycles. The summed E-state index contributed by atoms with van der Waals surface area (Å²) in [5, 5.41) is 9.25. The summed E-state index contributed by atoms with van der Waals surface area (Å²) in [6, 6.07) is 6.57. The Hall–Kier alpha value is -2.63. The maximum atomic E-state index is 12.0. The van der Waals surface area contributed by atoms with Crippen LogP contribution < -0.4 is 5.32 Å². The van der Waals surface area contributed by atoms with Crippen LogP contribution in [0.5, 0.6) is 0 Å². The van der Waals surface area contributed by atoms with E-state index in [0.717, 1.165) is 6.42 Å². The standard InChI is InChI=1S/C15H17N3O3/c1-3-8-21-15(20)11-4-6-12(7-5-11)17-14(19)13-9-16-18-10(13)2/h4-7,9H,3,8H2,1-2H3,(H,16,18)(H,17,19). The summed E-state index contributed by atoms with van der Waals surface area (Å²) in [6.45, 7) is 4.11. The first-order valence-corrected chi connectivity index (χ1v) is 6.70. The molecular weight excluding hydrogens is 270 g/mol. The number of ether oxygens (including phenoxy) is 1. The van der Waals surface area contributed by atoms with Gasteiger partial charge in [0.15, 0.2) is 0 Å². The normalized spacial score (nSPS) is 10.2. The SMILES string of the molecule is CCCOC(=O)c1ccc(NC(=O)c2cn[nH]c2C)cc1. The maximum absolute atomic E-state index is 12.0. The lowest BCUT2D eigenvalue weighted by molar-refractivity contribution is 0.0505. The highest BCUT2D eigenvalue weighted by Crippen LogP contribution is 2.13. The Balaban J connectivity index is 2.01. The second-order valence-electron chi connectivity index (χ2n) is 4.58. The first kappa shape index (κ1) is 14.8. The lowest BCUT2D eigenvalue weighted by Gasteiger charge is -2.06. The number of H-pyrrole nitrogens is 1. The number of amides is 1. The van der Waals surface area contributed by atoms with Crippen LogP contribution in [0.1, 0.15) is 39.8 Å². The van der Waals surface area contributed by atoms with Gasteiger partial charge in [0.1, 0.15) is 0 Å². The van der Waals surface area contributed by atoms with E-state index in [4.69, 9.17) is 4.74 Å². The summed E-state index contributed by atoms with van der Waals surface area (Å²) in [5.41, 5.74) is 2.25. The zero-order chi connectivity index (χ0) is 15.2. The third kappa shape index (κ3) is 3.68. The lowest BCUT2D eigenvalue weighted by atomic mass is 10.2. The molecule has 0 fully saturated rings. The van der Waals surface area contributed by atoms with Gasteiger partial charge in [0.2, 0.25) is 0 Å². The highest BCUT2D eigenvalue weighted by Gasteiger charge is 2.11. The van der Waals surface area contributed by atoms with E-state index < -0.39 is 0 Å². The van der Waals surface area contributed by atoms with E-state index in [9.17, 15) is 9.59 Å². The Bertz CT molecular complexity index is 632. The number of rotatable bonds is 5. The molecule has 0 radical (unpaired) electrons. The summed E-state index contributed by atoms with van der Waals surface area (Å²) < 4.78 is 5.03. The van der Waals surface area contributed by atoms with E-state index in [-0.39, 0.29) is 11.9 Å². The fourth-order valence-corrected chi connectivity index (χ4v) is 1.75. The van der Waals surface area contributed by atoms with Gasteiger partial charge in [0.05, 0.1) is 23.9 Å². The number of carbonyl (C=O) groups is 2. The molecule has 0 atom stereocenters. The van der Waals surface area contributed by atoms with Gasteiger partial charge in [-0.3, -0.25) is 9.89 Å². The molecule has 1 heterocycles. The smallest absolute Gasteiger partial charge is 0.338 e. The molecule has 21 heavy (non-hydrogen) atoms. The van der Waals surface area contributed by atoms with E-state index in [2.05, 4.69) is 15.5 Å². The zero-order valence-electron chi connectivity index (χ0n) is 12.0. The molecule has 0 unspecified atom stereocenters. The van der Waals surface area contributed by atoms with Gasteiger partial charge in [-0.1, -0.05) is 6.92 Å². The largest absolute Gasteiger partial charge is 0.462 e. The molecule has 1 amide bonds. The summed E-state index contributed by atoms with van der Waals surface area (Å²) in [4.78, 5) is 23.6. The maximum Gasteiger partial charge on any atom is 0.338 e. The summed E-state index contributed by atoms with van der Waals surface area (Å²) >= 11 is 0. The van der Waals surface area contributed by atoms with Gasteiger partial charge in [-0.25, -0.2) is 4.79 Å². The van der Waals surface area contributed by atoms with Crippen LogP contribution in [0, 0.1) is 6.92 Å². The molecule has 2 N–H and O–H groups in total. The van der Waals surface area contributed by atoms with Gasteiger partial charge in [-0.15, -0.1) is 0 Å². The van der Waals surface area contributed by atoms with E-state index >= 15 is 0 Å². The van der Waals surface area contributed by atoms with Crippen molar-refractivity contribution >= 4 is 17.6 Å². The Kier molecular flexibility index (Phi) is 4.71. The molecule has 2 aromatic rings. The highest BCUT2D eigenvalue weighted by atomic mass is 16.5. The number of nitrogens with one attached hydrogen (secondary N) is 2. The van der Waals surface area contributed by atoms with Gasteiger partial charge >= 0.3 is 5.97 Å². The summed E-state index contributed by atoms with van der Waals surface area (Å²) in [5.74, 6) is -0.608. The van der Waals surface area contributed by atoms with E-state index in [1.807, 2.05) is 6.92 Å². The quantitative estimate of drug-likeness (QED) is 0.828. The molecule has 0 saturated heterocycles. The number of hydrogen-bond acceptors (Lipinski definition) is 4. The van der Waals surface area contributed by atoms with Gasteiger partial charge < -0.3 is 10.1 Å². The second kappa shape index (κ2) is 6.69. The first-order valence-electron chi connectivity index (χ1n) is 6.70. The Morgan fingerprint density at radius 2 is 2.00 bits per heavy atom. The minimum absolute atomic E-state index is 0.248. The van der Waals surface area contributed by atoms with Crippen LogP contribution in [-0.4, -0.2) is 28.7 Å². The molecule has 0 aliphatic rings. The predicted octanol–water partition coefficient (Wildman–Crippen LogP) is 2.54. The Morgan fingerprint density at radius 3 is 2.57 bits per heavy atom. The molecular formula is C15H17N3O3. The van der Waals surface area contributed by atoms with E-state index in [0.29, 0.717) is 29.1 Å². The van der Waals surface area contributed by atoms with Gasteiger partial charge in [-0.05, 0) is 37.6 Å². The van der Waals surface area contributed by atoms with Crippen molar-refractivity contribution in [3.63, 3.8) is 0 Å². The average molecular weight is 287 g/mol. The topological polar surface area (TPSA) is 84.1 Å². The van der Waals surface area contributed by atoms with E-state index in [1.54, 1.807) is 31.2 Å². The van der Waals surface area contributed by atoms with Crippen molar-refractivity contribution in [2.75, 3.05) is 11.9 Å². The molecule has 0 spiro atoms. The molecule has 1 aromatic carbocycles. The molecule has 6 nitrogen and oxygen atoms in total. The number of aromatic nitrogens is 2. The zero-order valence-corrected chi connectivity index (χ0v) is 12.0. The van der Waals surface area contributed by atoms with Crippen molar-refractivity contribution in [3.05, 3.63) is 47.3 Å². The van der Waals surface area contributed by atoms with Crippen LogP contribution >= 0.6 is 0 Å². The fraction of sp³-hybridized carbons (Fsp3) is 0.267. The molecule has 1 aromatic heterocycles. The molecule has 0 bridgehead atoms. The minimum atomic E-state index is -0.361. The monoisotopic (exact) mass is 287 g/mol. The summed E-state index contributed by atoms with van der Waals surface area (Å²) in [7, 11) is 0. The Morgan fingerprint density at radius 1 is 1.29 bits per heavy atom. The number of aryl methyl sites for hydroxylation is 1. The van der Waals surface area contributed by atoms with Crippen molar-refractivity contribution in [3.8, 4) is 0 Å². The van der Waals surface area contributed by atoms with Crippen LogP contribution in [0.25, 0.3) is 0 Å². The van der Waals surface area contributed by atoms with Crippen LogP contribution in [0.2, 0.25) is 0 Å². The number of benzene rings is 1. The van der Waals surface area contributed by atoms with Crippen molar-refractivity contribution < 1.29 is 14.3 Å². The average Bonchev–Trinajstić information content (AvgIpc) is 2.91. The number of esters is 1.